The predicted molar refractivity (Wildman–Crippen MR) is 56.7 cm³/mol. The second-order valence-electron chi connectivity index (χ2n) is 4.96. The smallest absolute Gasteiger partial charge is 0.00954 e. The molecule has 2 aliphatic rings. The Morgan fingerprint density at radius 2 is 1.92 bits per heavy atom. The molecule has 1 heteroatoms. The molecule has 0 heterocycles. The van der Waals surface area contributed by atoms with Crippen molar-refractivity contribution < 1.29 is 0 Å². The van der Waals surface area contributed by atoms with Gasteiger partial charge in [0.05, 0.1) is 0 Å². The quantitative estimate of drug-likeness (QED) is 0.706. The van der Waals surface area contributed by atoms with Crippen molar-refractivity contribution >= 4 is 0 Å². The molecule has 1 N–H and O–H groups in total. The number of nitrogens with one attached hydrogen (secondary N) is 1. The van der Waals surface area contributed by atoms with Gasteiger partial charge in [0.1, 0.15) is 0 Å². The third-order valence-electron chi connectivity index (χ3n) is 4.34. The largest absolute Gasteiger partial charge is 0.314 e. The molecule has 0 spiro atoms. The summed E-state index contributed by atoms with van der Waals surface area (Å²) >= 11 is 0. The first-order valence-corrected chi connectivity index (χ1v) is 6.06. The van der Waals surface area contributed by atoms with Gasteiger partial charge in [-0.3, -0.25) is 0 Å². The molecule has 0 aromatic rings. The van der Waals surface area contributed by atoms with Crippen LogP contribution in [0.2, 0.25) is 0 Å². The van der Waals surface area contributed by atoms with E-state index in [1.807, 2.05) is 0 Å². The van der Waals surface area contributed by atoms with Crippen LogP contribution in [0.1, 0.15) is 46.0 Å². The van der Waals surface area contributed by atoms with Gasteiger partial charge in [0.2, 0.25) is 0 Å². The van der Waals surface area contributed by atoms with E-state index in [2.05, 4.69) is 19.2 Å². The maximum Gasteiger partial charge on any atom is 0.00954 e. The molecule has 76 valence electrons. The molecule has 3 unspecified atom stereocenters. The lowest BCUT2D eigenvalue weighted by Gasteiger charge is -2.35. The Morgan fingerprint density at radius 3 is 2.46 bits per heavy atom. The highest BCUT2D eigenvalue weighted by Gasteiger charge is 2.38. The second kappa shape index (κ2) is 4.00. The van der Waals surface area contributed by atoms with E-state index < -0.39 is 0 Å². The lowest BCUT2D eigenvalue weighted by atomic mass is 9.72. The molecule has 13 heavy (non-hydrogen) atoms. The van der Waals surface area contributed by atoms with E-state index in [0.29, 0.717) is 0 Å². The van der Waals surface area contributed by atoms with Crippen molar-refractivity contribution in [1.82, 2.24) is 5.32 Å². The van der Waals surface area contributed by atoms with Crippen LogP contribution in [-0.4, -0.2) is 12.6 Å². The Hall–Kier alpha value is -0.0400. The first-order valence-electron chi connectivity index (χ1n) is 6.06. The minimum Gasteiger partial charge on any atom is -0.314 e. The summed E-state index contributed by atoms with van der Waals surface area (Å²) in [5.74, 6) is 3.08. The highest BCUT2D eigenvalue weighted by Crippen LogP contribution is 2.45. The molecule has 2 rings (SSSR count). The third kappa shape index (κ3) is 1.76. The fraction of sp³-hybridized carbons (Fsp3) is 1.00. The van der Waals surface area contributed by atoms with Crippen LogP contribution in [0.4, 0.5) is 0 Å². The highest BCUT2D eigenvalue weighted by molar-refractivity contribution is 4.92. The topological polar surface area (TPSA) is 12.0 Å². The maximum atomic E-state index is 3.63. The van der Waals surface area contributed by atoms with Crippen LogP contribution in [-0.2, 0) is 0 Å². The van der Waals surface area contributed by atoms with Crippen LogP contribution in [0.15, 0.2) is 0 Å². The Balaban J connectivity index is 1.86. The van der Waals surface area contributed by atoms with Crippen LogP contribution in [0.25, 0.3) is 0 Å². The van der Waals surface area contributed by atoms with Crippen LogP contribution >= 0.6 is 0 Å². The second-order valence-corrected chi connectivity index (χ2v) is 4.96. The first kappa shape index (κ1) is 9.51. The van der Waals surface area contributed by atoms with E-state index in [4.69, 9.17) is 0 Å². The Bertz CT molecular complexity index is 163. The SMILES string of the molecule is CCNC1CCC(C2CCC2)C1C. The van der Waals surface area contributed by atoms with Crippen LogP contribution in [0, 0.1) is 17.8 Å². The molecule has 0 aromatic heterocycles. The van der Waals surface area contributed by atoms with Gasteiger partial charge in [0, 0.05) is 6.04 Å². The van der Waals surface area contributed by atoms with Crippen LogP contribution in [0.5, 0.6) is 0 Å². The summed E-state index contributed by atoms with van der Waals surface area (Å²) in [5, 5.41) is 3.63. The summed E-state index contributed by atoms with van der Waals surface area (Å²) in [7, 11) is 0. The summed E-state index contributed by atoms with van der Waals surface area (Å²) in [6.45, 7) is 5.83. The molecule has 0 bridgehead atoms. The van der Waals surface area contributed by atoms with E-state index in [1.54, 1.807) is 0 Å². The average molecular weight is 181 g/mol. The molecular formula is C12H23N. The summed E-state index contributed by atoms with van der Waals surface area (Å²) in [6.07, 6.45) is 7.46. The number of hydrogen-bond acceptors (Lipinski definition) is 1. The van der Waals surface area contributed by atoms with Gasteiger partial charge in [-0.15, -0.1) is 0 Å². The van der Waals surface area contributed by atoms with Crippen molar-refractivity contribution in [3.63, 3.8) is 0 Å². The fourth-order valence-electron chi connectivity index (χ4n) is 3.28. The van der Waals surface area contributed by atoms with Crippen LogP contribution < -0.4 is 5.32 Å². The van der Waals surface area contributed by atoms with Gasteiger partial charge in [0.15, 0.2) is 0 Å². The summed E-state index contributed by atoms with van der Waals surface area (Å²) in [4.78, 5) is 0. The van der Waals surface area contributed by atoms with E-state index in [9.17, 15) is 0 Å². The molecule has 0 amide bonds. The van der Waals surface area contributed by atoms with Crippen LogP contribution in [0.3, 0.4) is 0 Å². The Kier molecular flexibility index (Phi) is 2.92. The van der Waals surface area contributed by atoms with Gasteiger partial charge in [-0.05, 0) is 37.1 Å². The van der Waals surface area contributed by atoms with E-state index in [0.717, 1.165) is 30.3 Å². The van der Waals surface area contributed by atoms with Gasteiger partial charge in [-0.2, -0.15) is 0 Å². The molecule has 2 saturated carbocycles. The molecule has 2 fully saturated rings. The van der Waals surface area contributed by atoms with Crippen molar-refractivity contribution in [3.8, 4) is 0 Å². The monoisotopic (exact) mass is 181 g/mol. The van der Waals surface area contributed by atoms with E-state index >= 15 is 0 Å². The molecule has 3 atom stereocenters. The van der Waals surface area contributed by atoms with Crippen molar-refractivity contribution in [1.29, 1.82) is 0 Å². The minimum absolute atomic E-state index is 0.829. The zero-order valence-electron chi connectivity index (χ0n) is 9.05. The first-order chi connectivity index (χ1) is 6.33. The number of rotatable bonds is 3. The standard InChI is InChI=1S/C12H23N/c1-3-13-12-8-7-11(9(12)2)10-5-4-6-10/h9-13H,3-8H2,1-2H3. The summed E-state index contributed by atoms with van der Waals surface area (Å²) < 4.78 is 0. The van der Waals surface area contributed by atoms with E-state index in [-0.39, 0.29) is 0 Å². The highest BCUT2D eigenvalue weighted by atomic mass is 14.9. The lowest BCUT2D eigenvalue weighted by molar-refractivity contribution is 0.165. The lowest BCUT2D eigenvalue weighted by Crippen LogP contribution is -2.35. The van der Waals surface area contributed by atoms with Gasteiger partial charge in [-0.1, -0.05) is 33.1 Å². The van der Waals surface area contributed by atoms with Gasteiger partial charge < -0.3 is 5.32 Å². The predicted octanol–water partition coefficient (Wildman–Crippen LogP) is 2.81. The fourth-order valence-corrected chi connectivity index (χ4v) is 3.28. The molecule has 0 aliphatic heterocycles. The molecular weight excluding hydrogens is 158 g/mol. The third-order valence-corrected chi connectivity index (χ3v) is 4.34. The Morgan fingerprint density at radius 1 is 1.15 bits per heavy atom. The average Bonchev–Trinajstić information content (AvgIpc) is 2.34. The van der Waals surface area contributed by atoms with Crippen molar-refractivity contribution in [3.05, 3.63) is 0 Å². The minimum atomic E-state index is 0.829. The number of hydrogen-bond donors (Lipinski definition) is 1. The van der Waals surface area contributed by atoms with Crippen molar-refractivity contribution in [2.45, 2.75) is 52.0 Å². The maximum absolute atomic E-state index is 3.63. The molecule has 2 aliphatic carbocycles. The molecule has 0 aromatic carbocycles. The van der Waals surface area contributed by atoms with Gasteiger partial charge >= 0.3 is 0 Å². The zero-order valence-corrected chi connectivity index (χ0v) is 9.05. The molecule has 0 radical (unpaired) electrons. The summed E-state index contributed by atoms with van der Waals surface area (Å²) in [6, 6.07) is 0.829. The van der Waals surface area contributed by atoms with Gasteiger partial charge in [0.25, 0.3) is 0 Å². The molecule has 0 saturated heterocycles. The van der Waals surface area contributed by atoms with Crippen molar-refractivity contribution in [2.24, 2.45) is 17.8 Å². The normalized spacial score (nSPS) is 40.6. The Labute approximate surface area is 82.3 Å². The van der Waals surface area contributed by atoms with Gasteiger partial charge in [-0.25, -0.2) is 0 Å². The van der Waals surface area contributed by atoms with E-state index in [1.165, 1.54) is 32.1 Å². The summed E-state index contributed by atoms with van der Waals surface area (Å²) in [5.41, 5.74) is 0. The molecule has 1 nitrogen and oxygen atoms in total. The van der Waals surface area contributed by atoms with Crippen molar-refractivity contribution in [2.75, 3.05) is 6.54 Å². The zero-order chi connectivity index (χ0) is 9.26.